The molecule has 0 saturated heterocycles. The molecule has 0 aromatic rings. The van der Waals surface area contributed by atoms with Crippen LogP contribution >= 0.6 is 11.6 Å². The number of allylic oxidation sites excluding steroid dienone is 1. The maximum atomic E-state index is 13.5. The van der Waals surface area contributed by atoms with E-state index in [1.807, 2.05) is 6.92 Å². The molecule has 0 heterocycles. The van der Waals surface area contributed by atoms with Gasteiger partial charge in [0.05, 0.1) is 0 Å². The van der Waals surface area contributed by atoms with E-state index in [1.165, 1.54) is 5.54 Å². The van der Waals surface area contributed by atoms with Crippen molar-refractivity contribution in [2.45, 2.75) is 47.2 Å². The van der Waals surface area contributed by atoms with Crippen LogP contribution in [0.5, 0.6) is 0 Å². The fourth-order valence-electron chi connectivity index (χ4n) is 1.41. The van der Waals surface area contributed by atoms with Crippen LogP contribution in [0.1, 0.15) is 41.0 Å². The number of halogens is 2. The van der Waals surface area contributed by atoms with Gasteiger partial charge in [0.1, 0.15) is 6.17 Å². The van der Waals surface area contributed by atoms with Crippen molar-refractivity contribution in [3.05, 3.63) is 11.6 Å². The Bertz CT molecular complexity index is 185. The molecular formula is C11H20ClF. The minimum absolute atomic E-state index is 0.0768. The average Bonchev–Trinajstić information content (AvgIpc) is 2.04. The van der Waals surface area contributed by atoms with E-state index in [0.717, 1.165) is 6.42 Å². The van der Waals surface area contributed by atoms with Gasteiger partial charge in [-0.05, 0) is 12.3 Å². The Balaban J connectivity index is 5.00. The lowest BCUT2D eigenvalue weighted by Gasteiger charge is -2.43. The van der Waals surface area contributed by atoms with Crippen LogP contribution in [0.25, 0.3) is 0 Å². The zero-order valence-corrected chi connectivity index (χ0v) is 9.95. The summed E-state index contributed by atoms with van der Waals surface area (Å²) < 4.78 is 13.5. The first-order chi connectivity index (χ1) is 5.81. The van der Waals surface area contributed by atoms with Crippen molar-refractivity contribution in [1.29, 1.82) is 0 Å². The van der Waals surface area contributed by atoms with E-state index in [4.69, 9.17) is 11.6 Å². The molecule has 0 aromatic carbocycles. The summed E-state index contributed by atoms with van der Waals surface area (Å²) >= 11 is 5.55. The first kappa shape index (κ1) is 13.0. The second-order valence-electron chi connectivity index (χ2n) is 4.43. The Kier molecular flexibility index (Phi) is 4.44. The lowest BCUT2D eigenvalue weighted by atomic mass is 9.63. The number of rotatable bonds is 4. The van der Waals surface area contributed by atoms with Crippen LogP contribution < -0.4 is 0 Å². The minimum Gasteiger partial charge on any atom is -0.247 e. The normalized spacial score (nSPS) is 20.2. The van der Waals surface area contributed by atoms with Crippen LogP contribution in [0.15, 0.2) is 11.6 Å². The molecule has 2 atom stereocenters. The van der Waals surface area contributed by atoms with E-state index >= 15 is 0 Å². The van der Waals surface area contributed by atoms with E-state index in [-0.39, 0.29) is 5.41 Å². The van der Waals surface area contributed by atoms with Crippen LogP contribution in [0.4, 0.5) is 4.39 Å². The van der Waals surface area contributed by atoms with Gasteiger partial charge in [-0.25, -0.2) is 4.39 Å². The summed E-state index contributed by atoms with van der Waals surface area (Å²) in [5.41, 5.74) is 0.865. The summed E-state index contributed by atoms with van der Waals surface area (Å²) in [5.74, 6) is 0. The fourth-order valence-corrected chi connectivity index (χ4v) is 1.67. The van der Waals surface area contributed by atoms with E-state index in [9.17, 15) is 4.39 Å². The maximum absolute atomic E-state index is 13.5. The number of alkyl halides is 1. The highest BCUT2D eigenvalue weighted by Crippen LogP contribution is 2.46. The van der Waals surface area contributed by atoms with Crippen molar-refractivity contribution >= 4 is 11.6 Å². The van der Waals surface area contributed by atoms with Gasteiger partial charge in [-0.15, -0.1) is 0 Å². The standard InChI is InChI=1S/C11H20ClF/c1-6-10(3,4)11(5,7-8-12)9(2)13/h7-9H,6H2,1-5H3/b8-7+/t9-,11-/m0/s1. The lowest BCUT2D eigenvalue weighted by Crippen LogP contribution is -2.39. The molecule has 78 valence electrons. The molecule has 0 nitrogen and oxygen atoms in total. The summed E-state index contributed by atoms with van der Waals surface area (Å²) in [5, 5.41) is 0. The monoisotopic (exact) mass is 206 g/mol. The quantitative estimate of drug-likeness (QED) is 0.634. The van der Waals surface area contributed by atoms with Crippen LogP contribution in [-0.4, -0.2) is 6.17 Å². The molecule has 0 radical (unpaired) electrons. The van der Waals surface area contributed by atoms with E-state index in [2.05, 4.69) is 20.8 Å². The smallest absolute Gasteiger partial charge is 0.107 e. The SMILES string of the molecule is CCC(C)(C)[C@@](C)(/C=C/Cl)[C@H](C)F. The molecule has 0 rings (SSSR count). The Morgan fingerprint density at radius 3 is 2.08 bits per heavy atom. The Hall–Kier alpha value is -0.0400. The third-order valence-corrected chi connectivity index (χ3v) is 3.70. The molecule has 0 unspecified atom stereocenters. The minimum atomic E-state index is -0.891. The van der Waals surface area contributed by atoms with Gasteiger partial charge in [0, 0.05) is 11.0 Å². The van der Waals surface area contributed by atoms with E-state index in [0.29, 0.717) is 0 Å². The van der Waals surface area contributed by atoms with Gasteiger partial charge in [-0.3, -0.25) is 0 Å². The van der Waals surface area contributed by atoms with Gasteiger partial charge in [-0.1, -0.05) is 51.8 Å². The van der Waals surface area contributed by atoms with Crippen molar-refractivity contribution < 1.29 is 4.39 Å². The summed E-state index contributed by atoms with van der Waals surface area (Å²) in [6, 6.07) is 0. The molecule has 0 fully saturated rings. The number of hydrogen-bond acceptors (Lipinski definition) is 0. The molecule has 0 aliphatic rings. The van der Waals surface area contributed by atoms with Crippen LogP contribution in [0.3, 0.4) is 0 Å². The van der Waals surface area contributed by atoms with Crippen LogP contribution in [-0.2, 0) is 0 Å². The summed E-state index contributed by atoms with van der Waals surface area (Å²) in [6.45, 7) is 9.72. The Morgan fingerprint density at radius 2 is 1.85 bits per heavy atom. The van der Waals surface area contributed by atoms with E-state index < -0.39 is 11.6 Å². The van der Waals surface area contributed by atoms with Crippen molar-refractivity contribution in [1.82, 2.24) is 0 Å². The van der Waals surface area contributed by atoms with Gasteiger partial charge in [0.15, 0.2) is 0 Å². The van der Waals surface area contributed by atoms with Gasteiger partial charge in [0.2, 0.25) is 0 Å². The Morgan fingerprint density at radius 1 is 1.38 bits per heavy atom. The Labute approximate surface area is 86.2 Å². The molecule has 13 heavy (non-hydrogen) atoms. The van der Waals surface area contributed by atoms with E-state index in [1.54, 1.807) is 13.0 Å². The highest BCUT2D eigenvalue weighted by atomic mass is 35.5. The third kappa shape index (κ3) is 2.46. The molecular weight excluding hydrogens is 187 g/mol. The molecule has 0 bridgehead atoms. The second-order valence-corrected chi connectivity index (χ2v) is 4.68. The molecule has 0 aromatic heterocycles. The molecule has 0 spiro atoms. The van der Waals surface area contributed by atoms with Crippen molar-refractivity contribution in [2.75, 3.05) is 0 Å². The van der Waals surface area contributed by atoms with Crippen LogP contribution in [0, 0.1) is 10.8 Å². The highest BCUT2D eigenvalue weighted by molar-refractivity contribution is 6.25. The van der Waals surface area contributed by atoms with Gasteiger partial charge in [0.25, 0.3) is 0 Å². The molecule has 0 aliphatic heterocycles. The number of hydrogen-bond donors (Lipinski definition) is 0. The largest absolute Gasteiger partial charge is 0.247 e. The molecule has 0 saturated carbocycles. The first-order valence-electron chi connectivity index (χ1n) is 4.74. The predicted octanol–water partition coefficient (Wildman–Crippen LogP) is 4.54. The van der Waals surface area contributed by atoms with Gasteiger partial charge >= 0.3 is 0 Å². The summed E-state index contributed by atoms with van der Waals surface area (Å²) in [7, 11) is 0. The second kappa shape index (κ2) is 4.45. The molecule has 0 N–H and O–H groups in total. The summed E-state index contributed by atoms with van der Waals surface area (Å²) in [4.78, 5) is 0. The van der Waals surface area contributed by atoms with Crippen molar-refractivity contribution in [2.24, 2.45) is 10.8 Å². The summed E-state index contributed by atoms with van der Waals surface area (Å²) in [6.07, 6.45) is 1.80. The fraction of sp³-hybridized carbons (Fsp3) is 0.818. The predicted molar refractivity (Wildman–Crippen MR) is 57.7 cm³/mol. The van der Waals surface area contributed by atoms with Gasteiger partial charge < -0.3 is 0 Å². The molecule has 0 amide bonds. The first-order valence-corrected chi connectivity index (χ1v) is 5.17. The topological polar surface area (TPSA) is 0 Å². The average molecular weight is 207 g/mol. The third-order valence-electron chi connectivity index (χ3n) is 3.58. The molecule has 2 heteroatoms. The zero-order valence-electron chi connectivity index (χ0n) is 9.20. The maximum Gasteiger partial charge on any atom is 0.107 e. The molecule has 0 aliphatic carbocycles. The highest BCUT2D eigenvalue weighted by Gasteiger charge is 2.42. The van der Waals surface area contributed by atoms with Crippen molar-refractivity contribution in [3.63, 3.8) is 0 Å². The zero-order chi connectivity index (χ0) is 10.7. The van der Waals surface area contributed by atoms with Crippen LogP contribution in [0.2, 0.25) is 0 Å². The van der Waals surface area contributed by atoms with Crippen molar-refractivity contribution in [3.8, 4) is 0 Å². The lowest BCUT2D eigenvalue weighted by molar-refractivity contribution is 0.0497. The van der Waals surface area contributed by atoms with Gasteiger partial charge in [-0.2, -0.15) is 0 Å².